The lowest BCUT2D eigenvalue weighted by Crippen LogP contribution is -2.36. The third-order valence-corrected chi connectivity index (χ3v) is 6.80. The highest BCUT2D eigenvalue weighted by Crippen LogP contribution is 2.38. The average Bonchev–Trinajstić information content (AvgIpc) is 3.30. The second-order valence-corrected chi connectivity index (χ2v) is 9.17. The van der Waals surface area contributed by atoms with Crippen molar-refractivity contribution in [3.63, 3.8) is 0 Å². The monoisotopic (exact) mass is 495 g/mol. The molecule has 0 unspecified atom stereocenters. The minimum absolute atomic E-state index is 0.222. The highest BCUT2D eigenvalue weighted by atomic mass is 32.1. The molecule has 10 heteroatoms. The van der Waals surface area contributed by atoms with E-state index in [0.717, 1.165) is 34.9 Å². The SMILES string of the molecule is CCCCOC(=O)c1nc(O)c2cc(Oc3ccc4nc(N5CCOCC5)sc4c3)ccc2c1O. The summed E-state index contributed by atoms with van der Waals surface area (Å²) in [4.78, 5) is 23.1. The first kappa shape index (κ1) is 23.1. The Labute approximate surface area is 205 Å². The number of rotatable bonds is 7. The van der Waals surface area contributed by atoms with Crippen LogP contribution in [0.5, 0.6) is 23.1 Å². The van der Waals surface area contributed by atoms with Gasteiger partial charge in [-0.05, 0) is 36.8 Å². The molecule has 0 radical (unpaired) electrons. The minimum Gasteiger partial charge on any atom is -0.505 e. The number of nitrogens with zero attached hydrogens (tertiary/aromatic N) is 3. The van der Waals surface area contributed by atoms with Gasteiger partial charge >= 0.3 is 5.97 Å². The van der Waals surface area contributed by atoms with Crippen LogP contribution in [-0.4, -0.2) is 59.1 Å². The molecule has 2 N–H and O–H groups in total. The summed E-state index contributed by atoms with van der Waals surface area (Å²) in [6, 6.07) is 10.5. The van der Waals surface area contributed by atoms with E-state index in [9.17, 15) is 15.0 Å². The van der Waals surface area contributed by atoms with Crippen molar-refractivity contribution in [1.82, 2.24) is 9.97 Å². The first-order valence-corrected chi connectivity index (χ1v) is 12.3. The molecule has 4 aromatic rings. The van der Waals surface area contributed by atoms with Crippen molar-refractivity contribution >= 4 is 43.4 Å². The lowest BCUT2D eigenvalue weighted by atomic mass is 10.1. The largest absolute Gasteiger partial charge is 0.505 e. The zero-order chi connectivity index (χ0) is 24.4. The number of anilines is 1. The van der Waals surface area contributed by atoms with Gasteiger partial charge in [-0.3, -0.25) is 0 Å². The van der Waals surface area contributed by atoms with Gasteiger partial charge in [0.2, 0.25) is 5.88 Å². The summed E-state index contributed by atoms with van der Waals surface area (Å²) in [6.07, 6.45) is 1.57. The Morgan fingerprint density at radius 3 is 2.66 bits per heavy atom. The summed E-state index contributed by atoms with van der Waals surface area (Å²) >= 11 is 1.60. The molecule has 1 saturated heterocycles. The highest BCUT2D eigenvalue weighted by molar-refractivity contribution is 7.22. The molecule has 0 atom stereocenters. The lowest BCUT2D eigenvalue weighted by molar-refractivity contribution is 0.0488. The number of carbonyl (C=O) groups is 1. The molecule has 2 aromatic carbocycles. The first-order chi connectivity index (χ1) is 17.0. The fraction of sp³-hybridized carbons (Fsp3) is 0.320. The van der Waals surface area contributed by atoms with Crippen molar-refractivity contribution in [2.24, 2.45) is 0 Å². The maximum Gasteiger partial charge on any atom is 0.360 e. The van der Waals surface area contributed by atoms with Crippen molar-refractivity contribution in [2.45, 2.75) is 19.8 Å². The van der Waals surface area contributed by atoms with E-state index < -0.39 is 11.8 Å². The number of ether oxygens (including phenoxy) is 3. The van der Waals surface area contributed by atoms with Crippen LogP contribution in [0.2, 0.25) is 0 Å². The Morgan fingerprint density at radius 1 is 1.09 bits per heavy atom. The molecule has 35 heavy (non-hydrogen) atoms. The number of aromatic hydroxyl groups is 2. The number of benzene rings is 2. The van der Waals surface area contributed by atoms with Crippen molar-refractivity contribution in [3.05, 3.63) is 42.1 Å². The van der Waals surface area contributed by atoms with Crippen LogP contribution in [0.15, 0.2) is 36.4 Å². The van der Waals surface area contributed by atoms with E-state index in [1.54, 1.807) is 29.5 Å². The van der Waals surface area contributed by atoms with Crippen molar-refractivity contribution < 1.29 is 29.2 Å². The zero-order valence-corrected chi connectivity index (χ0v) is 20.0. The highest BCUT2D eigenvalue weighted by Gasteiger charge is 2.21. The molecule has 1 aliphatic heterocycles. The van der Waals surface area contributed by atoms with Gasteiger partial charge in [-0.25, -0.2) is 14.8 Å². The molecular formula is C25H25N3O6S. The number of unbranched alkanes of at least 4 members (excludes halogenated alkanes) is 1. The van der Waals surface area contributed by atoms with E-state index in [-0.39, 0.29) is 28.8 Å². The predicted molar refractivity (Wildman–Crippen MR) is 133 cm³/mol. The summed E-state index contributed by atoms with van der Waals surface area (Å²) in [5.74, 6) is -0.444. The fourth-order valence-electron chi connectivity index (χ4n) is 3.83. The van der Waals surface area contributed by atoms with Gasteiger partial charge in [0.15, 0.2) is 16.6 Å². The number of hydrogen-bond donors (Lipinski definition) is 2. The van der Waals surface area contributed by atoms with Gasteiger partial charge in [-0.15, -0.1) is 0 Å². The van der Waals surface area contributed by atoms with Gasteiger partial charge in [0.05, 0.1) is 35.4 Å². The van der Waals surface area contributed by atoms with Gasteiger partial charge in [0.1, 0.15) is 11.5 Å². The Morgan fingerprint density at radius 2 is 1.86 bits per heavy atom. The first-order valence-electron chi connectivity index (χ1n) is 11.5. The maximum atomic E-state index is 12.3. The van der Waals surface area contributed by atoms with E-state index in [4.69, 9.17) is 19.2 Å². The normalized spacial score (nSPS) is 13.9. The third kappa shape index (κ3) is 4.80. The van der Waals surface area contributed by atoms with Gasteiger partial charge in [0.25, 0.3) is 0 Å². The van der Waals surface area contributed by atoms with Gasteiger partial charge in [-0.1, -0.05) is 24.7 Å². The third-order valence-electron chi connectivity index (χ3n) is 5.72. The number of pyridine rings is 1. The van der Waals surface area contributed by atoms with Crippen LogP contribution >= 0.6 is 11.3 Å². The van der Waals surface area contributed by atoms with Crippen LogP contribution in [-0.2, 0) is 9.47 Å². The van der Waals surface area contributed by atoms with Crippen LogP contribution in [0.4, 0.5) is 5.13 Å². The van der Waals surface area contributed by atoms with Crippen LogP contribution in [0.1, 0.15) is 30.3 Å². The number of carbonyl (C=O) groups excluding carboxylic acids is 1. The molecule has 0 aliphatic carbocycles. The van der Waals surface area contributed by atoms with E-state index >= 15 is 0 Å². The summed E-state index contributed by atoms with van der Waals surface area (Å²) < 4.78 is 17.6. The van der Waals surface area contributed by atoms with Crippen molar-refractivity contribution in [1.29, 1.82) is 0 Å². The van der Waals surface area contributed by atoms with E-state index in [1.165, 1.54) is 0 Å². The lowest BCUT2D eigenvalue weighted by Gasteiger charge is -2.25. The van der Waals surface area contributed by atoms with E-state index in [2.05, 4.69) is 9.88 Å². The molecule has 2 aromatic heterocycles. The summed E-state index contributed by atoms with van der Waals surface area (Å²) in [6.45, 7) is 5.24. The van der Waals surface area contributed by atoms with E-state index in [1.807, 2.05) is 25.1 Å². The molecule has 182 valence electrons. The number of aromatic nitrogens is 2. The van der Waals surface area contributed by atoms with Crippen molar-refractivity contribution in [2.75, 3.05) is 37.8 Å². The number of esters is 1. The summed E-state index contributed by atoms with van der Waals surface area (Å²) in [5, 5.41) is 22.5. The molecule has 0 spiro atoms. The summed E-state index contributed by atoms with van der Waals surface area (Å²) in [7, 11) is 0. The fourth-order valence-corrected chi connectivity index (χ4v) is 4.87. The molecule has 0 saturated carbocycles. The second-order valence-electron chi connectivity index (χ2n) is 8.16. The smallest absolute Gasteiger partial charge is 0.360 e. The number of morpholine rings is 1. The maximum absolute atomic E-state index is 12.3. The number of fused-ring (bicyclic) bond motifs is 2. The number of thiazole rings is 1. The minimum atomic E-state index is -0.775. The molecule has 9 nitrogen and oxygen atoms in total. The standard InChI is InChI=1S/C25H25N3O6S/c1-2-3-10-33-24(31)21-22(29)17-6-4-15(13-18(17)23(30)27-21)34-16-5-7-19-20(14-16)35-25(26-19)28-8-11-32-12-9-28/h4-7,13-14,29H,2-3,8-12H2,1H3,(H,27,30). The van der Waals surface area contributed by atoms with Gasteiger partial charge in [-0.2, -0.15) is 0 Å². The Hall–Kier alpha value is -3.63. The molecule has 0 amide bonds. The predicted octanol–water partition coefficient (Wildman–Crippen LogP) is 4.84. The van der Waals surface area contributed by atoms with E-state index in [0.29, 0.717) is 31.1 Å². The zero-order valence-electron chi connectivity index (χ0n) is 19.2. The topological polar surface area (TPSA) is 114 Å². The van der Waals surface area contributed by atoms with Crippen LogP contribution in [0, 0.1) is 0 Å². The Bertz CT molecular complexity index is 1380. The molecule has 1 fully saturated rings. The van der Waals surface area contributed by atoms with Crippen LogP contribution in [0.25, 0.3) is 21.0 Å². The second kappa shape index (κ2) is 9.93. The molecular weight excluding hydrogens is 470 g/mol. The quantitative estimate of drug-likeness (QED) is 0.274. The summed E-state index contributed by atoms with van der Waals surface area (Å²) in [5.41, 5.74) is 0.582. The molecule has 1 aliphatic rings. The Balaban J connectivity index is 1.38. The van der Waals surface area contributed by atoms with Gasteiger partial charge in [0, 0.05) is 24.5 Å². The molecule has 3 heterocycles. The van der Waals surface area contributed by atoms with Crippen LogP contribution in [0.3, 0.4) is 0 Å². The van der Waals surface area contributed by atoms with Crippen LogP contribution < -0.4 is 9.64 Å². The average molecular weight is 496 g/mol. The van der Waals surface area contributed by atoms with Crippen molar-refractivity contribution in [3.8, 4) is 23.1 Å². The van der Waals surface area contributed by atoms with Gasteiger partial charge < -0.3 is 29.3 Å². The molecule has 5 rings (SSSR count). The molecule has 0 bridgehead atoms. The number of hydrogen-bond acceptors (Lipinski definition) is 10. The Kier molecular flexibility index (Phi) is 6.56.